The number of hydrogen-bond donors (Lipinski definition) is 2. The molecule has 0 amide bonds. The van der Waals surface area contributed by atoms with Gasteiger partial charge in [-0.3, -0.25) is 0 Å². The van der Waals surface area contributed by atoms with Crippen LogP contribution in [0.1, 0.15) is 25.7 Å². The molecule has 3 nitrogen and oxygen atoms in total. The van der Waals surface area contributed by atoms with E-state index in [1.54, 1.807) is 0 Å². The maximum atomic E-state index is 8.95. The van der Waals surface area contributed by atoms with Crippen molar-refractivity contribution in [2.24, 2.45) is 5.92 Å². The lowest BCUT2D eigenvalue weighted by molar-refractivity contribution is 0.217. The summed E-state index contributed by atoms with van der Waals surface area (Å²) in [5.41, 5.74) is 0. The van der Waals surface area contributed by atoms with E-state index in [2.05, 4.69) is 11.4 Å². The Labute approximate surface area is 73.4 Å². The lowest BCUT2D eigenvalue weighted by atomic mass is 9.94. The summed E-state index contributed by atoms with van der Waals surface area (Å²) in [6, 6.07) is 2.42. The molecule has 1 aliphatic heterocycles. The van der Waals surface area contributed by atoms with Crippen LogP contribution in [0.2, 0.25) is 0 Å². The van der Waals surface area contributed by atoms with Gasteiger partial charge in [0.1, 0.15) is 0 Å². The standard InChI is InChI=1S/C9H16N2O/c10-6-8-3-1-2-4-11-9(5-8)7-12/h8-9,11-12H,1-5,7H2/t8-,9-/m0/s1. The van der Waals surface area contributed by atoms with Gasteiger partial charge in [0.25, 0.3) is 0 Å². The average Bonchev–Trinajstić information content (AvgIpc) is 2.05. The summed E-state index contributed by atoms with van der Waals surface area (Å²) in [7, 11) is 0. The van der Waals surface area contributed by atoms with Gasteiger partial charge in [0.15, 0.2) is 0 Å². The van der Waals surface area contributed by atoms with Crippen LogP contribution in [0.3, 0.4) is 0 Å². The molecule has 2 atom stereocenters. The molecule has 2 N–H and O–H groups in total. The van der Waals surface area contributed by atoms with Gasteiger partial charge in [-0.05, 0) is 25.8 Å². The molecule has 12 heavy (non-hydrogen) atoms. The van der Waals surface area contributed by atoms with Gasteiger partial charge in [0.05, 0.1) is 12.7 Å². The first-order valence-electron chi connectivity index (χ1n) is 4.60. The van der Waals surface area contributed by atoms with E-state index in [0.717, 1.165) is 32.2 Å². The van der Waals surface area contributed by atoms with Crippen molar-refractivity contribution in [3.8, 4) is 6.07 Å². The van der Waals surface area contributed by atoms with Crippen molar-refractivity contribution in [2.45, 2.75) is 31.7 Å². The maximum Gasteiger partial charge on any atom is 0.0656 e. The highest BCUT2D eigenvalue weighted by molar-refractivity contribution is 4.87. The Balaban J connectivity index is 2.40. The minimum Gasteiger partial charge on any atom is -0.395 e. The SMILES string of the molecule is N#C[C@H]1CCCCN[C@H](CO)C1. The molecule has 1 heterocycles. The fourth-order valence-corrected chi connectivity index (χ4v) is 1.62. The van der Waals surface area contributed by atoms with Crippen molar-refractivity contribution < 1.29 is 5.11 Å². The smallest absolute Gasteiger partial charge is 0.0656 e. The predicted octanol–water partition coefficient (Wildman–Crippen LogP) is 0.651. The Morgan fingerprint density at radius 1 is 1.50 bits per heavy atom. The fraction of sp³-hybridized carbons (Fsp3) is 0.889. The number of rotatable bonds is 1. The lowest BCUT2D eigenvalue weighted by Crippen LogP contribution is -2.36. The van der Waals surface area contributed by atoms with Crippen molar-refractivity contribution in [3.05, 3.63) is 0 Å². The second kappa shape index (κ2) is 5.13. The quantitative estimate of drug-likeness (QED) is 0.604. The van der Waals surface area contributed by atoms with E-state index in [0.29, 0.717) is 0 Å². The number of aliphatic hydroxyl groups excluding tert-OH is 1. The Morgan fingerprint density at radius 3 is 3.00 bits per heavy atom. The molecule has 0 unspecified atom stereocenters. The Morgan fingerprint density at radius 2 is 2.33 bits per heavy atom. The molecule has 0 aliphatic carbocycles. The van der Waals surface area contributed by atoms with Gasteiger partial charge in [0, 0.05) is 12.0 Å². The first-order valence-corrected chi connectivity index (χ1v) is 4.60. The second-order valence-electron chi connectivity index (χ2n) is 3.39. The van der Waals surface area contributed by atoms with Gasteiger partial charge >= 0.3 is 0 Å². The molecule has 0 aromatic heterocycles. The summed E-state index contributed by atoms with van der Waals surface area (Å²) in [6.07, 6.45) is 4.04. The van der Waals surface area contributed by atoms with E-state index < -0.39 is 0 Å². The largest absolute Gasteiger partial charge is 0.395 e. The molecule has 68 valence electrons. The average molecular weight is 168 g/mol. The van der Waals surface area contributed by atoms with Crippen LogP contribution in [0.4, 0.5) is 0 Å². The summed E-state index contributed by atoms with van der Waals surface area (Å²) in [6.45, 7) is 1.13. The molecule has 1 rings (SSSR count). The van der Waals surface area contributed by atoms with E-state index in [-0.39, 0.29) is 18.6 Å². The van der Waals surface area contributed by atoms with Crippen LogP contribution in [0.5, 0.6) is 0 Å². The maximum absolute atomic E-state index is 8.95. The first kappa shape index (κ1) is 9.50. The predicted molar refractivity (Wildman–Crippen MR) is 46.4 cm³/mol. The summed E-state index contributed by atoms with van der Waals surface area (Å²) in [4.78, 5) is 0. The molecular weight excluding hydrogens is 152 g/mol. The van der Waals surface area contributed by atoms with Crippen LogP contribution in [0.25, 0.3) is 0 Å². The van der Waals surface area contributed by atoms with Crippen LogP contribution in [-0.2, 0) is 0 Å². The molecule has 1 aliphatic rings. The molecule has 1 fully saturated rings. The number of hydrogen-bond acceptors (Lipinski definition) is 3. The molecule has 1 saturated heterocycles. The van der Waals surface area contributed by atoms with Gasteiger partial charge in [0.2, 0.25) is 0 Å². The van der Waals surface area contributed by atoms with Gasteiger partial charge < -0.3 is 10.4 Å². The number of nitrogens with zero attached hydrogens (tertiary/aromatic N) is 1. The van der Waals surface area contributed by atoms with Crippen LogP contribution in [-0.4, -0.2) is 24.3 Å². The van der Waals surface area contributed by atoms with Crippen LogP contribution >= 0.6 is 0 Å². The van der Waals surface area contributed by atoms with Crippen molar-refractivity contribution in [1.82, 2.24) is 5.32 Å². The van der Waals surface area contributed by atoms with Gasteiger partial charge in [-0.1, -0.05) is 6.42 Å². The lowest BCUT2D eigenvalue weighted by Gasteiger charge is -2.21. The molecule has 0 aromatic rings. The van der Waals surface area contributed by atoms with Gasteiger partial charge in [-0.25, -0.2) is 0 Å². The van der Waals surface area contributed by atoms with E-state index in [4.69, 9.17) is 10.4 Å². The summed E-state index contributed by atoms with van der Waals surface area (Å²) in [5, 5.41) is 20.9. The molecule has 0 spiro atoms. The minimum absolute atomic E-state index is 0.134. The third kappa shape index (κ3) is 2.80. The van der Waals surface area contributed by atoms with Crippen molar-refractivity contribution in [3.63, 3.8) is 0 Å². The van der Waals surface area contributed by atoms with Crippen molar-refractivity contribution in [2.75, 3.05) is 13.2 Å². The van der Waals surface area contributed by atoms with E-state index in [1.165, 1.54) is 0 Å². The molecule has 3 heteroatoms. The molecule has 0 saturated carbocycles. The topological polar surface area (TPSA) is 56.0 Å². The number of aliphatic hydroxyl groups is 1. The molecule has 0 bridgehead atoms. The second-order valence-corrected chi connectivity index (χ2v) is 3.39. The first-order chi connectivity index (χ1) is 5.86. The Bertz CT molecular complexity index is 164. The van der Waals surface area contributed by atoms with E-state index in [9.17, 15) is 0 Å². The van der Waals surface area contributed by atoms with Crippen LogP contribution < -0.4 is 5.32 Å². The fourth-order valence-electron chi connectivity index (χ4n) is 1.62. The highest BCUT2D eigenvalue weighted by Crippen LogP contribution is 2.16. The minimum atomic E-state index is 0.134. The number of nitrogens with one attached hydrogen (secondary N) is 1. The molecule has 0 aromatic carbocycles. The zero-order valence-electron chi connectivity index (χ0n) is 7.29. The van der Waals surface area contributed by atoms with Gasteiger partial charge in [-0.2, -0.15) is 5.26 Å². The summed E-state index contributed by atoms with van der Waals surface area (Å²) < 4.78 is 0. The van der Waals surface area contributed by atoms with Gasteiger partial charge in [-0.15, -0.1) is 0 Å². The number of nitriles is 1. The van der Waals surface area contributed by atoms with Crippen LogP contribution in [0, 0.1) is 17.2 Å². The monoisotopic (exact) mass is 168 g/mol. The molecular formula is C9H16N2O. The Hall–Kier alpha value is -0.590. The third-order valence-corrected chi connectivity index (χ3v) is 2.38. The summed E-state index contributed by atoms with van der Waals surface area (Å²) >= 11 is 0. The van der Waals surface area contributed by atoms with Crippen molar-refractivity contribution in [1.29, 1.82) is 5.26 Å². The zero-order chi connectivity index (χ0) is 8.81. The highest BCUT2D eigenvalue weighted by atomic mass is 16.3. The molecule has 0 radical (unpaired) electrons. The van der Waals surface area contributed by atoms with E-state index in [1.807, 2.05) is 0 Å². The van der Waals surface area contributed by atoms with Crippen molar-refractivity contribution >= 4 is 0 Å². The zero-order valence-corrected chi connectivity index (χ0v) is 7.29. The summed E-state index contributed by atoms with van der Waals surface area (Å²) in [5.74, 6) is 0.134. The normalized spacial score (nSPS) is 31.7. The van der Waals surface area contributed by atoms with E-state index >= 15 is 0 Å². The Kier molecular flexibility index (Phi) is 4.06. The highest BCUT2D eigenvalue weighted by Gasteiger charge is 2.16. The van der Waals surface area contributed by atoms with Crippen LogP contribution in [0.15, 0.2) is 0 Å². The third-order valence-electron chi connectivity index (χ3n) is 2.38.